The molecule has 0 unspecified atom stereocenters. The maximum atomic E-state index is 13.5. The number of pyridine rings is 1. The topological polar surface area (TPSA) is 42.4 Å². The van der Waals surface area contributed by atoms with Crippen molar-refractivity contribution in [2.24, 2.45) is 0 Å². The molecule has 0 aliphatic rings. The molecule has 32 heavy (non-hydrogen) atoms. The molecule has 0 saturated heterocycles. The molecule has 3 aromatic carbocycles. The van der Waals surface area contributed by atoms with Crippen LogP contribution in [0.2, 0.25) is 10.2 Å². The number of ether oxygens (including phenoxy) is 1. The summed E-state index contributed by atoms with van der Waals surface area (Å²) in [5.74, 6) is 0.548. The fourth-order valence-electron chi connectivity index (χ4n) is 3.65. The number of hydrogen-bond acceptors (Lipinski definition) is 3. The van der Waals surface area contributed by atoms with Crippen LogP contribution < -0.4 is 4.74 Å². The highest BCUT2D eigenvalue weighted by molar-refractivity contribution is 6.33. The van der Waals surface area contributed by atoms with E-state index in [0.29, 0.717) is 34.6 Å². The van der Waals surface area contributed by atoms with Crippen LogP contribution in [-0.2, 0) is 13.1 Å². The summed E-state index contributed by atoms with van der Waals surface area (Å²) in [6.45, 7) is 2.75. The minimum absolute atomic E-state index is 0.164. The number of amides is 1. The Balaban J connectivity index is 1.72. The normalized spacial score (nSPS) is 10.9. The minimum atomic E-state index is -0.164. The van der Waals surface area contributed by atoms with Crippen LogP contribution in [0.3, 0.4) is 0 Å². The summed E-state index contributed by atoms with van der Waals surface area (Å²) in [6.07, 6.45) is 0. The monoisotopic (exact) mass is 464 g/mol. The number of carbonyl (C=O) groups is 1. The highest BCUT2D eigenvalue weighted by atomic mass is 35.5. The summed E-state index contributed by atoms with van der Waals surface area (Å²) in [4.78, 5) is 19.8. The highest BCUT2D eigenvalue weighted by Gasteiger charge is 2.21. The molecular weight excluding hydrogens is 443 g/mol. The van der Waals surface area contributed by atoms with Crippen LogP contribution in [-0.4, -0.2) is 22.9 Å². The van der Waals surface area contributed by atoms with Gasteiger partial charge < -0.3 is 9.64 Å². The van der Waals surface area contributed by atoms with E-state index in [4.69, 9.17) is 27.9 Å². The lowest BCUT2D eigenvalue weighted by Crippen LogP contribution is -2.30. The van der Waals surface area contributed by atoms with Crippen molar-refractivity contribution in [3.63, 3.8) is 0 Å². The number of rotatable bonds is 6. The molecule has 0 saturated carbocycles. The Kier molecular flexibility index (Phi) is 6.63. The fourth-order valence-corrected chi connectivity index (χ4v) is 4.07. The zero-order chi connectivity index (χ0) is 22.7. The van der Waals surface area contributed by atoms with Gasteiger partial charge >= 0.3 is 0 Å². The van der Waals surface area contributed by atoms with Gasteiger partial charge in [0.1, 0.15) is 10.9 Å². The maximum absolute atomic E-state index is 13.5. The standard InChI is InChI=1S/C26H22Cl2N2O2/c1-17-6-5-7-18(12-17)15-30(26(31)22-8-3-4-9-23(22)27)16-20-13-19-10-11-21(32-2)14-24(19)29-25(20)28/h3-14H,15-16H2,1-2H3. The third-order valence-corrected chi connectivity index (χ3v) is 5.92. The molecule has 0 N–H and O–H groups in total. The van der Waals surface area contributed by atoms with Crippen molar-refractivity contribution in [2.75, 3.05) is 7.11 Å². The average molecular weight is 465 g/mol. The van der Waals surface area contributed by atoms with Crippen molar-refractivity contribution in [1.29, 1.82) is 0 Å². The molecule has 0 aliphatic heterocycles. The number of aryl methyl sites for hydroxylation is 1. The smallest absolute Gasteiger partial charge is 0.255 e. The van der Waals surface area contributed by atoms with Crippen molar-refractivity contribution < 1.29 is 9.53 Å². The number of methoxy groups -OCH3 is 1. The lowest BCUT2D eigenvalue weighted by atomic mass is 10.1. The van der Waals surface area contributed by atoms with Crippen LogP contribution in [0.25, 0.3) is 10.9 Å². The van der Waals surface area contributed by atoms with Gasteiger partial charge in [-0.2, -0.15) is 0 Å². The Morgan fingerprint density at radius 3 is 2.53 bits per heavy atom. The van der Waals surface area contributed by atoms with E-state index in [1.54, 1.807) is 24.1 Å². The molecule has 1 amide bonds. The van der Waals surface area contributed by atoms with Gasteiger partial charge in [-0.1, -0.05) is 65.2 Å². The van der Waals surface area contributed by atoms with E-state index in [0.717, 1.165) is 27.6 Å². The summed E-state index contributed by atoms with van der Waals surface area (Å²) < 4.78 is 5.28. The zero-order valence-electron chi connectivity index (χ0n) is 17.8. The second-order valence-corrected chi connectivity index (χ2v) is 8.39. The van der Waals surface area contributed by atoms with E-state index in [9.17, 15) is 4.79 Å². The molecule has 0 fully saturated rings. The molecule has 162 valence electrons. The number of benzene rings is 3. The van der Waals surface area contributed by atoms with Gasteiger partial charge in [0.25, 0.3) is 5.91 Å². The number of fused-ring (bicyclic) bond motifs is 1. The first-order chi connectivity index (χ1) is 15.4. The first kappa shape index (κ1) is 22.1. The predicted molar refractivity (Wildman–Crippen MR) is 130 cm³/mol. The Morgan fingerprint density at radius 2 is 1.78 bits per heavy atom. The SMILES string of the molecule is COc1ccc2cc(CN(Cc3cccc(C)c3)C(=O)c3ccccc3Cl)c(Cl)nc2c1. The van der Waals surface area contributed by atoms with E-state index in [2.05, 4.69) is 11.1 Å². The average Bonchev–Trinajstić information content (AvgIpc) is 2.78. The first-order valence-corrected chi connectivity index (χ1v) is 10.9. The van der Waals surface area contributed by atoms with Gasteiger partial charge in [-0.15, -0.1) is 0 Å². The van der Waals surface area contributed by atoms with Crippen LogP contribution in [0, 0.1) is 6.92 Å². The molecule has 4 nitrogen and oxygen atoms in total. The molecule has 1 heterocycles. The third kappa shape index (κ3) is 4.87. The molecule has 0 aliphatic carbocycles. The van der Waals surface area contributed by atoms with Crippen molar-refractivity contribution in [3.8, 4) is 5.75 Å². The van der Waals surface area contributed by atoms with Gasteiger partial charge in [-0.3, -0.25) is 4.79 Å². The lowest BCUT2D eigenvalue weighted by molar-refractivity contribution is 0.0730. The summed E-state index contributed by atoms with van der Waals surface area (Å²) in [7, 11) is 1.61. The van der Waals surface area contributed by atoms with Crippen LogP contribution >= 0.6 is 23.2 Å². The third-order valence-electron chi connectivity index (χ3n) is 5.26. The second-order valence-electron chi connectivity index (χ2n) is 7.63. The van der Waals surface area contributed by atoms with E-state index in [-0.39, 0.29) is 5.91 Å². The number of nitrogens with zero attached hydrogens (tertiary/aromatic N) is 2. The number of halogens is 2. The molecule has 4 rings (SSSR count). The summed E-state index contributed by atoms with van der Waals surface area (Å²) >= 11 is 12.9. The molecule has 6 heteroatoms. The number of hydrogen-bond donors (Lipinski definition) is 0. The molecular formula is C26H22Cl2N2O2. The van der Waals surface area contributed by atoms with Crippen molar-refractivity contribution in [3.05, 3.63) is 105 Å². The minimum Gasteiger partial charge on any atom is -0.497 e. The van der Waals surface area contributed by atoms with Crippen molar-refractivity contribution >= 4 is 40.0 Å². The van der Waals surface area contributed by atoms with Gasteiger partial charge in [0, 0.05) is 30.1 Å². The summed E-state index contributed by atoms with van der Waals surface area (Å²) in [6, 6.07) is 22.8. The van der Waals surface area contributed by atoms with Crippen LogP contribution in [0.15, 0.2) is 72.8 Å². The largest absolute Gasteiger partial charge is 0.497 e. The number of aromatic nitrogens is 1. The van der Waals surface area contributed by atoms with Crippen molar-refractivity contribution in [1.82, 2.24) is 9.88 Å². The van der Waals surface area contributed by atoms with E-state index in [1.807, 2.05) is 61.5 Å². The lowest BCUT2D eigenvalue weighted by Gasteiger charge is -2.24. The van der Waals surface area contributed by atoms with Gasteiger partial charge in [0.15, 0.2) is 0 Å². The fraction of sp³-hybridized carbons (Fsp3) is 0.154. The van der Waals surface area contributed by atoms with E-state index in [1.165, 1.54) is 0 Å². The quantitative estimate of drug-likeness (QED) is 0.298. The van der Waals surface area contributed by atoms with E-state index >= 15 is 0 Å². The Morgan fingerprint density at radius 1 is 0.969 bits per heavy atom. The van der Waals surface area contributed by atoms with Gasteiger partial charge in [-0.25, -0.2) is 4.98 Å². The van der Waals surface area contributed by atoms with Gasteiger partial charge in [0.2, 0.25) is 0 Å². The van der Waals surface area contributed by atoms with Gasteiger partial charge in [-0.05, 0) is 42.8 Å². The Hall–Kier alpha value is -3.08. The highest BCUT2D eigenvalue weighted by Crippen LogP contribution is 2.27. The van der Waals surface area contributed by atoms with Crippen LogP contribution in [0.1, 0.15) is 27.0 Å². The second kappa shape index (κ2) is 9.60. The van der Waals surface area contributed by atoms with Crippen LogP contribution in [0.5, 0.6) is 5.75 Å². The van der Waals surface area contributed by atoms with Crippen LogP contribution in [0.4, 0.5) is 0 Å². The molecule has 4 aromatic rings. The molecule has 1 aromatic heterocycles. The Bertz CT molecular complexity index is 1290. The molecule has 0 spiro atoms. The zero-order valence-corrected chi connectivity index (χ0v) is 19.3. The number of carbonyl (C=O) groups excluding carboxylic acids is 1. The predicted octanol–water partition coefficient (Wildman–Crippen LogP) is 6.70. The molecule has 0 radical (unpaired) electrons. The summed E-state index contributed by atoms with van der Waals surface area (Å²) in [5.41, 5.74) is 4.11. The van der Waals surface area contributed by atoms with Crippen molar-refractivity contribution in [2.45, 2.75) is 20.0 Å². The maximum Gasteiger partial charge on any atom is 0.255 e. The first-order valence-electron chi connectivity index (χ1n) is 10.2. The summed E-state index contributed by atoms with van der Waals surface area (Å²) in [5, 5.41) is 1.69. The molecule has 0 bridgehead atoms. The van der Waals surface area contributed by atoms with E-state index < -0.39 is 0 Å². The van der Waals surface area contributed by atoms with Gasteiger partial charge in [0.05, 0.1) is 23.2 Å². The Labute approximate surface area is 197 Å². The molecule has 0 atom stereocenters.